The van der Waals surface area contributed by atoms with Crippen LogP contribution in [0.15, 0.2) is 29.2 Å². The van der Waals surface area contributed by atoms with Crippen molar-refractivity contribution in [3.63, 3.8) is 0 Å². The lowest BCUT2D eigenvalue weighted by atomic mass is 10.2. The van der Waals surface area contributed by atoms with Crippen LogP contribution in [0.1, 0.15) is 32.8 Å². The number of amides is 1. The van der Waals surface area contributed by atoms with Crippen molar-refractivity contribution in [1.29, 1.82) is 0 Å². The fourth-order valence-corrected chi connectivity index (χ4v) is 2.02. The van der Waals surface area contributed by atoms with Crippen LogP contribution < -0.4 is 10.5 Å². The fraction of sp³-hybridized carbons (Fsp3) is 0.400. The van der Waals surface area contributed by atoms with Gasteiger partial charge in [0.1, 0.15) is 5.60 Å². The van der Waals surface area contributed by atoms with Crippen molar-refractivity contribution in [2.24, 2.45) is 5.14 Å². The molecule has 1 aromatic carbocycles. The van der Waals surface area contributed by atoms with Gasteiger partial charge < -0.3 is 10.1 Å². The molecule has 6 nitrogen and oxygen atoms in total. The van der Waals surface area contributed by atoms with E-state index < -0.39 is 21.7 Å². The molecule has 0 aliphatic carbocycles. The normalized spacial score (nSPS) is 11.3. The Bertz CT molecular complexity index is 694. The predicted octanol–water partition coefficient (Wildman–Crippen LogP) is 1.60. The molecule has 7 heteroatoms. The topological polar surface area (TPSA) is 98.5 Å². The van der Waals surface area contributed by atoms with Crippen molar-refractivity contribution < 1.29 is 17.9 Å². The minimum absolute atomic E-state index is 0.0196. The zero-order valence-corrected chi connectivity index (χ0v) is 13.7. The first kappa shape index (κ1) is 18.0. The minimum atomic E-state index is -3.73. The zero-order chi connectivity index (χ0) is 16.8. The van der Waals surface area contributed by atoms with E-state index in [0.717, 1.165) is 0 Å². The second-order valence-electron chi connectivity index (χ2n) is 5.55. The number of primary sulfonamides is 1. The molecule has 0 atom stereocenters. The Kier molecular flexibility index (Phi) is 5.97. The van der Waals surface area contributed by atoms with Gasteiger partial charge in [0, 0.05) is 18.5 Å². The Labute approximate surface area is 131 Å². The summed E-state index contributed by atoms with van der Waals surface area (Å²) in [6.07, 6.45) is -0.0794. The van der Waals surface area contributed by atoms with Crippen LogP contribution in [0.25, 0.3) is 0 Å². The molecule has 3 N–H and O–H groups in total. The molecule has 0 saturated carbocycles. The summed E-state index contributed by atoms with van der Waals surface area (Å²) >= 11 is 0. The monoisotopic (exact) mass is 324 g/mol. The van der Waals surface area contributed by atoms with Crippen molar-refractivity contribution >= 4 is 16.1 Å². The molecule has 1 aromatic rings. The van der Waals surface area contributed by atoms with Crippen LogP contribution in [-0.4, -0.2) is 26.7 Å². The molecule has 0 radical (unpaired) electrons. The lowest BCUT2D eigenvalue weighted by Crippen LogP contribution is -2.32. The fourth-order valence-electron chi connectivity index (χ4n) is 1.46. The lowest BCUT2D eigenvalue weighted by molar-refractivity contribution is 0.0529. The number of sulfonamides is 1. The van der Waals surface area contributed by atoms with Crippen molar-refractivity contribution in [3.8, 4) is 11.8 Å². The average Bonchev–Trinajstić information content (AvgIpc) is 2.35. The number of hydrogen-bond donors (Lipinski definition) is 2. The molecule has 1 amide bonds. The first-order valence-corrected chi connectivity index (χ1v) is 8.21. The summed E-state index contributed by atoms with van der Waals surface area (Å²) in [7, 11) is -3.73. The van der Waals surface area contributed by atoms with E-state index in [2.05, 4.69) is 17.2 Å². The predicted molar refractivity (Wildman–Crippen MR) is 83.5 cm³/mol. The summed E-state index contributed by atoms with van der Waals surface area (Å²) in [4.78, 5) is 11.4. The van der Waals surface area contributed by atoms with Gasteiger partial charge in [0.05, 0.1) is 4.90 Å². The van der Waals surface area contributed by atoms with Gasteiger partial charge in [-0.2, -0.15) is 0 Å². The summed E-state index contributed by atoms with van der Waals surface area (Å²) in [6.45, 7) is 5.69. The quantitative estimate of drug-likeness (QED) is 0.651. The van der Waals surface area contributed by atoms with E-state index >= 15 is 0 Å². The molecule has 0 fully saturated rings. The number of benzene rings is 1. The van der Waals surface area contributed by atoms with Gasteiger partial charge in [0.25, 0.3) is 0 Å². The standard InChI is InChI=1S/C15H20N2O4S/c1-15(2,3)21-14(18)17-10-5-4-7-12-8-6-9-13(11-12)22(16,19)20/h6,8-9,11H,5,10H2,1-3H3,(H,17,18)(H2,16,19,20). The van der Waals surface area contributed by atoms with Gasteiger partial charge in [-0.25, -0.2) is 18.4 Å². The number of alkyl carbamates (subject to hydrolysis) is 1. The van der Waals surface area contributed by atoms with Crippen molar-refractivity contribution in [2.45, 2.75) is 37.7 Å². The zero-order valence-electron chi connectivity index (χ0n) is 12.8. The summed E-state index contributed by atoms with van der Waals surface area (Å²) in [5, 5.41) is 7.63. The highest BCUT2D eigenvalue weighted by molar-refractivity contribution is 7.89. The number of nitrogens with two attached hydrogens (primary N) is 1. The first-order valence-electron chi connectivity index (χ1n) is 6.66. The molecule has 0 bridgehead atoms. The van der Waals surface area contributed by atoms with Crippen molar-refractivity contribution in [1.82, 2.24) is 5.32 Å². The van der Waals surface area contributed by atoms with Crippen LogP contribution in [0, 0.1) is 11.8 Å². The summed E-state index contributed by atoms with van der Waals surface area (Å²) < 4.78 is 27.5. The molecule has 0 aromatic heterocycles. The van der Waals surface area contributed by atoms with E-state index in [9.17, 15) is 13.2 Å². The second kappa shape index (κ2) is 7.29. The van der Waals surface area contributed by atoms with Crippen LogP contribution in [0.4, 0.5) is 4.79 Å². The SMILES string of the molecule is CC(C)(C)OC(=O)NCCC#Cc1cccc(S(N)(=O)=O)c1. The molecule has 0 unspecified atom stereocenters. The third-order valence-corrected chi connectivity index (χ3v) is 3.22. The van der Waals surface area contributed by atoms with Crippen LogP contribution in [-0.2, 0) is 14.8 Å². The number of hydrogen-bond acceptors (Lipinski definition) is 4. The van der Waals surface area contributed by atoms with E-state index in [4.69, 9.17) is 9.88 Å². The molecule has 0 aliphatic rings. The number of rotatable bonds is 3. The molecule has 120 valence electrons. The molecule has 1 rings (SSSR count). The van der Waals surface area contributed by atoms with Gasteiger partial charge in [-0.05, 0) is 39.0 Å². The van der Waals surface area contributed by atoms with Gasteiger partial charge >= 0.3 is 6.09 Å². The number of carbonyl (C=O) groups is 1. The van der Waals surface area contributed by atoms with Crippen LogP contribution in [0.3, 0.4) is 0 Å². The first-order chi connectivity index (χ1) is 10.1. The highest BCUT2D eigenvalue weighted by Crippen LogP contribution is 2.08. The average molecular weight is 324 g/mol. The molecular formula is C15H20N2O4S. The van der Waals surface area contributed by atoms with E-state index in [1.54, 1.807) is 32.9 Å². The number of ether oxygens (including phenoxy) is 1. The molecule has 0 heterocycles. The number of carbonyl (C=O) groups excluding carboxylic acids is 1. The minimum Gasteiger partial charge on any atom is -0.444 e. The third-order valence-electron chi connectivity index (χ3n) is 2.31. The Morgan fingerprint density at radius 2 is 2.05 bits per heavy atom. The van der Waals surface area contributed by atoms with Crippen molar-refractivity contribution in [2.75, 3.05) is 6.54 Å². The van der Waals surface area contributed by atoms with E-state index in [-0.39, 0.29) is 4.90 Å². The molecule has 0 aliphatic heterocycles. The summed E-state index contributed by atoms with van der Waals surface area (Å²) in [5.74, 6) is 5.66. The van der Waals surface area contributed by atoms with Crippen LogP contribution in [0.2, 0.25) is 0 Å². The Morgan fingerprint density at radius 3 is 2.64 bits per heavy atom. The number of nitrogens with one attached hydrogen (secondary N) is 1. The van der Waals surface area contributed by atoms with Crippen molar-refractivity contribution in [3.05, 3.63) is 29.8 Å². The molecule has 22 heavy (non-hydrogen) atoms. The highest BCUT2D eigenvalue weighted by Gasteiger charge is 2.15. The second-order valence-corrected chi connectivity index (χ2v) is 7.11. The highest BCUT2D eigenvalue weighted by atomic mass is 32.2. The van der Waals surface area contributed by atoms with Gasteiger partial charge in [0.15, 0.2) is 0 Å². The maximum atomic E-state index is 11.4. The maximum absolute atomic E-state index is 11.4. The van der Waals surface area contributed by atoms with Crippen LogP contribution >= 0.6 is 0 Å². The summed E-state index contributed by atoms with van der Waals surface area (Å²) in [5.41, 5.74) is 0.00740. The van der Waals surface area contributed by atoms with Gasteiger partial charge in [-0.1, -0.05) is 17.9 Å². The van der Waals surface area contributed by atoms with Crippen LogP contribution in [0.5, 0.6) is 0 Å². The Balaban J connectivity index is 2.51. The molecule has 0 saturated heterocycles. The summed E-state index contributed by atoms with van der Waals surface area (Å²) in [6, 6.07) is 6.07. The van der Waals surface area contributed by atoms with Gasteiger partial charge in [-0.3, -0.25) is 0 Å². The van der Waals surface area contributed by atoms with Gasteiger partial charge in [0.2, 0.25) is 10.0 Å². The van der Waals surface area contributed by atoms with E-state index in [1.807, 2.05) is 0 Å². The van der Waals surface area contributed by atoms with E-state index in [1.165, 1.54) is 12.1 Å². The molecule has 0 spiro atoms. The molecular weight excluding hydrogens is 304 g/mol. The maximum Gasteiger partial charge on any atom is 0.407 e. The largest absolute Gasteiger partial charge is 0.444 e. The lowest BCUT2D eigenvalue weighted by Gasteiger charge is -2.19. The Hall–Kier alpha value is -2.04. The smallest absolute Gasteiger partial charge is 0.407 e. The van der Waals surface area contributed by atoms with E-state index in [0.29, 0.717) is 18.5 Å². The van der Waals surface area contributed by atoms with Gasteiger partial charge in [-0.15, -0.1) is 0 Å². The third kappa shape index (κ3) is 7.11. The Morgan fingerprint density at radius 1 is 1.36 bits per heavy atom.